The first-order valence-corrected chi connectivity index (χ1v) is 8.75. The van der Waals surface area contributed by atoms with Gasteiger partial charge in [0, 0.05) is 11.6 Å². The Bertz CT molecular complexity index is 247. The first-order chi connectivity index (χ1) is 9.65. The molecule has 2 N–H and O–H groups in total. The Morgan fingerprint density at radius 1 is 1.25 bits per heavy atom. The van der Waals surface area contributed by atoms with Gasteiger partial charge in [0.15, 0.2) is 0 Å². The van der Waals surface area contributed by atoms with Crippen LogP contribution in [-0.2, 0) is 0 Å². The van der Waals surface area contributed by atoms with Crippen molar-refractivity contribution in [1.82, 2.24) is 10.2 Å². The van der Waals surface area contributed by atoms with E-state index in [4.69, 9.17) is 0 Å². The molecule has 0 aromatic rings. The van der Waals surface area contributed by atoms with Crippen LogP contribution in [0, 0.1) is 0 Å². The fourth-order valence-electron chi connectivity index (χ4n) is 3.32. The average Bonchev–Trinajstić information content (AvgIpc) is 2.70. The predicted molar refractivity (Wildman–Crippen MR) is 87.1 cm³/mol. The molecule has 1 aliphatic heterocycles. The maximum atomic E-state index is 9.62. The largest absolute Gasteiger partial charge is 0.394 e. The van der Waals surface area contributed by atoms with Crippen LogP contribution in [0.4, 0.5) is 0 Å². The van der Waals surface area contributed by atoms with Crippen LogP contribution < -0.4 is 5.32 Å². The zero-order valence-corrected chi connectivity index (χ0v) is 14.0. The van der Waals surface area contributed by atoms with E-state index in [-0.39, 0.29) is 12.1 Å². The Labute approximate surface area is 126 Å². The van der Waals surface area contributed by atoms with E-state index >= 15 is 0 Å². The molecular formula is C17H36N2O. The summed E-state index contributed by atoms with van der Waals surface area (Å²) in [6.07, 6.45) is 10.2. The first-order valence-electron chi connectivity index (χ1n) is 8.75. The molecule has 3 heteroatoms. The van der Waals surface area contributed by atoms with Crippen molar-refractivity contribution in [3.8, 4) is 0 Å². The molecule has 1 saturated heterocycles. The average molecular weight is 284 g/mol. The molecule has 2 unspecified atom stereocenters. The van der Waals surface area contributed by atoms with Gasteiger partial charge in [-0.05, 0) is 65.1 Å². The molecule has 0 aromatic carbocycles. The van der Waals surface area contributed by atoms with Gasteiger partial charge in [0.2, 0.25) is 0 Å². The van der Waals surface area contributed by atoms with Crippen LogP contribution in [0.15, 0.2) is 0 Å². The van der Waals surface area contributed by atoms with Gasteiger partial charge >= 0.3 is 0 Å². The van der Waals surface area contributed by atoms with Gasteiger partial charge in [0.1, 0.15) is 0 Å². The smallest absolute Gasteiger partial charge is 0.0610 e. The van der Waals surface area contributed by atoms with Crippen molar-refractivity contribution >= 4 is 0 Å². The summed E-state index contributed by atoms with van der Waals surface area (Å²) in [4.78, 5) is 2.70. The van der Waals surface area contributed by atoms with Crippen molar-refractivity contribution in [2.75, 3.05) is 26.2 Å². The lowest BCUT2D eigenvalue weighted by Gasteiger charge is -2.32. The van der Waals surface area contributed by atoms with Gasteiger partial charge in [-0.3, -0.25) is 0 Å². The molecule has 1 heterocycles. The van der Waals surface area contributed by atoms with Crippen LogP contribution in [0.25, 0.3) is 0 Å². The normalized spacial score (nSPS) is 24.3. The summed E-state index contributed by atoms with van der Waals surface area (Å²) >= 11 is 0. The van der Waals surface area contributed by atoms with E-state index in [0.717, 1.165) is 25.4 Å². The summed E-state index contributed by atoms with van der Waals surface area (Å²) < 4.78 is 0. The lowest BCUT2D eigenvalue weighted by molar-refractivity contribution is 0.145. The highest BCUT2D eigenvalue weighted by Gasteiger charge is 2.23. The zero-order valence-electron chi connectivity index (χ0n) is 14.0. The minimum absolute atomic E-state index is 0.0937. The number of hydrogen-bond acceptors (Lipinski definition) is 3. The van der Waals surface area contributed by atoms with Gasteiger partial charge in [0.05, 0.1) is 6.61 Å². The molecule has 20 heavy (non-hydrogen) atoms. The number of likely N-dealkylation sites (tertiary alicyclic amines) is 1. The third-order valence-corrected chi connectivity index (χ3v) is 4.79. The van der Waals surface area contributed by atoms with Gasteiger partial charge < -0.3 is 15.3 Å². The maximum Gasteiger partial charge on any atom is 0.0610 e. The van der Waals surface area contributed by atoms with Crippen LogP contribution in [0.5, 0.6) is 0 Å². The van der Waals surface area contributed by atoms with Crippen LogP contribution in [-0.4, -0.2) is 47.8 Å². The first kappa shape index (κ1) is 17.9. The quantitative estimate of drug-likeness (QED) is 0.682. The summed E-state index contributed by atoms with van der Waals surface area (Å²) in [5, 5.41) is 13.1. The lowest BCUT2D eigenvalue weighted by Crippen LogP contribution is -2.46. The van der Waals surface area contributed by atoms with Crippen molar-refractivity contribution in [3.05, 3.63) is 0 Å². The third-order valence-electron chi connectivity index (χ3n) is 4.79. The van der Waals surface area contributed by atoms with E-state index in [1.807, 2.05) is 0 Å². The number of aliphatic hydroxyl groups is 1. The number of aliphatic hydroxyl groups excluding tert-OH is 1. The molecule has 0 amide bonds. The molecule has 0 bridgehead atoms. The molecule has 0 saturated carbocycles. The molecule has 1 fully saturated rings. The van der Waals surface area contributed by atoms with Crippen molar-refractivity contribution in [1.29, 1.82) is 0 Å². The van der Waals surface area contributed by atoms with Gasteiger partial charge in [-0.25, -0.2) is 0 Å². The third kappa shape index (κ3) is 6.11. The molecule has 0 aromatic heterocycles. The number of nitrogens with zero attached hydrogens (tertiary/aromatic N) is 1. The highest BCUT2D eigenvalue weighted by atomic mass is 16.3. The number of rotatable bonds is 9. The Balaban J connectivity index is 2.36. The molecule has 1 aliphatic rings. The fraction of sp³-hybridized carbons (Fsp3) is 1.00. The summed E-state index contributed by atoms with van der Waals surface area (Å²) in [5.41, 5.74) is -0.0937. The van der Waals surface area contributed by atoms with Crippen molar-refractivity contribution in [3.63, 3.8) is 0 Å². The van der Waals surface area contributed by atoms with Crippen LogP contribution in [0.1, 0.15) is 72.1 Å². The fourth-order valence-corrected chi connectivity index (χ4v) is 3.32. The second-order valence-corrected chi connectivity index (χ2v) is 6.70. The van der Waals surface area contributed by atoms with Crippen molar-refractivity contribution < 1.29 is 5.11 Å². The minimum Gasteiger partial charge on any atom is -0.394 e. The second kappa shape index (κ2) is 9.75. The van der Waals surface area contributed by atoms with E-state index in [1.54, 1.807) is 0 Å². The van der Waals surface area contributed by atoms with Crippen molar-refractivity contribution in [2.24, 2.45) is 0 Å². The molecule has 0 aliphatic carbocycles. The molecule has 0 radical (unpaired) electrons. The van der Waals surface area contributed by atoms with Crippen LogP contribution >= 0.6 is 0 Å². The molecular weight excluding hydrogens is 248 g/mol. The highest BCUT2D eigenvalue weighted by Crippen LogP contribution is 2.20. The predicted octanol–water partition coefficient (Wildman–Crippen LogP) is 3.17. The molecule has 0 spiro atoms. The van der Waals surface area contributed by atoms with Gasteiger partial charge in [-0.2, -0.15) is 0 Å². The van der Waals surface area contributed by atoms with E-state index in [2.05, 4.69) is 31.0 Å². The van der Waals surface area contributed by atoms with Crippen LogP contribution in [0.3, 0.4) is 0 Å². The Morgan fingerprint density at radius 3 is 2.70 bits per heavy atom. The number of hydrogen-bond donors (Lipinski definition) is 2. The summed E-state index contributed by atoms with van der Waals surface area (Å²) in [6.45, 7) is 10.4. The second-order valence-electron chi connectivity index (χ2n) is 6.70. The maximum absolute atomic E-state index is 9.62. The molecule has 120 valence electrons. The van der Waals surface area contributed by atoms with Crippen molar-refractivity contribution in [2.45, 2.75) is 83.7 Å². The van der Waals surface area contributed by atoms with E-state index < -0.39 is 0 Å². The van der Waals surface area contributed by atoms with Gasteiger partial charge in [-0.15, -0.1) is 0 Å². The van der Waals surface area contributed by atoms with E-state index in [9.17, 15) is 5.11 Å². The molecule has 2 atom stereocenters. The lowest BCUT2D eigenvalue weighted by atomic mass is 9.96. The van der Waals surface area contributed by atoms with E-state index in [0.29, 0.717) is 0 Å². The summed E-state index contributed by atoms with van der Waals surface area (Å²) in [6, 6.07) is 0.793. The number of nitrogens with one attached hydrogen (secondary N) is 1. The zero-order chi connectivity index (χ0) is 14.8. The monoisotopic (exact) mass is 284 g/mol. The van der Waals surface area contributed by atoms with E-state index in [1.165, 1.54) is 51.6 Å². The summed E-state index contributed by atoms with van der Waals surface area (Å²) in [7, 11) is 0. The van der Waals surface area contributed by atoms with Gasteiger partial charge in [-0.1, -0.05) is 26.7 Å². The summed E-state index contributed by atoms with van der Waals surface area (Å²) in [5.74, 6) is 0. The van der Waals surface area contributed by atoms with Crippen LogP contribution in [0.2, 0.25) is 0 Å². The Hall–Kier alpha value is -0.120. The minimum atomic E-state index is -0.0937. The topological polar surface area (TPSA) is 35.5 Å². The Kier molecular flexibility index (Phi) is 8.74. The standard InChI is InChI=1S/C17H36N2O/c1-4-12-18-17(3,15-20)11-9-14-19-13-8-6-7-10-16(19)5-2/h16,18,20H,4-15H2,1-3H3. The molecule has 3 nitrogen and oxygen atoms in total. The SMILES string of the molecule is CCCNC(C)(CO)CCCN1CCCCCC1CC. The highest BCUT2D eigenvalue weighted by molar-refractivity contribution is 4.83. The van der Waals surface area contributed by atoms with Gasteiger partial charge in [0.25, 0.3) is 0 Å². The Morgan fingerprint density at radius 2 is 2.05 bits per heavy atom. The molecule has 1 rings (SSSR count).